The minimum Gasteiger partial charge on any atom is -0.378 e. The van der Waals surface area contributed by atoms with Crippen molar-refractivity contribution in [2.45, 2.75) is 76.5 Å². The van der Waals surface area contributed by atoms with Crippen LogP contribution >= 0.6 is 0 Å². The third kappa shape index (κ3) is 2.60. The molecule has 2 aliphatic carbocycles. The average molecular weight is 280 g/mol. The zero-order chi connectivity index (χ0) is 14.0. The smallest absolute Gasteiger partial charge is 0.220 e. The Hall–Kier alpha value is -0.610. The molecule has 2 N–H and O–H groups in total. The van der Waals surface area contributed by atoms with E-state index in [2.05, 4.69) is 17.6 Å². The molecule has 0 bridgehead atoms. The molecular formula is C16H28N2O2. The number of hydrogen-bond acceptors (Lipinski definition) is 3. The van der Waals surface area contributed by atoms with Gasteiger partial charge in [0.1, 0.15) is 0 Å². The Labute approximate surface area is 122 Å². The third-order valence-corrected chi connectivity index (χ3v) is 5.63. The molecule has 114 valence electrons. The maximum Gasteiger partial charge on any atom is 0.220 e. The van der Waals surface area contributed by atoms with Crippen molar-refractivity contribution in [3.63, 3.8) is 0 Å². The number of amides is 1. The first-order valence-corrected chi connectivity index (χ1v) is 8.39. The second-order valence-corrected chi connectivity index (χ2v) is 6.74. The molecule has 1 spiro atoms. The summed E-state index contributed by atoms with van der Waals surface area (Å²) in [6, 6.07) is 0.936. The highest BCUT2D eigenvalue weighted by molar-refractivity contribution is 5.78. The summed E-state index contributed by atoms with van der Waals surface area (Å²) in [5.41, 5.74) is 0.386. The lowest BCUT2D eigenvalue weighted by Crippen LogP contribution is -2.65. The van der Waals surface area contributed by atoms with E-state index in [-0.39, 0.29) is 5.91 Å². The van der Waals surface area contributed by atoms with Gasteiger partial charge in [0, 0.05) is 37.1 Å². The second kappa shape index (κ2) is 6.02. The number of ether oxygens (including phenoxy) is 1. The lowest BCUT2D eigenvalue weighted by molar-refractivity contribution is -0.150. The van der Waals surface area contributed by atoms with Crippen LogP contribution in [-0.4, -0.2) is 37.2 Å². The van der Waals surface area contributed by atoms with E-state index in [4.69, 9.17) is 4.74 Å². The summed E-state index contributed by atoms with van der Waals surface area (Å²) < 4.78 is 5.98. The van der Waals surface area contributed by atoms with Gasteiger partial charge in [0.05, 0.1) is 6.10 Å². The van der Waals surface area contributed by atoms with Crippen LogP contribution in [0.3, 0.4) is 0 Å². The molecule has 3 rings (SSSR count). The molecule has 1 saturated heterocycles. The molecule has 1 aliphatic heterocycles. The van der Waals surface area contributed by atoms with Crippen molar-refractivity contribution in [2.24, 2.45) is 5.41 Å². The zero-order valence-corrected chi connectivity index (χ0v) is 12.6. The van der Waals surface area contributed by atoms with Crippen molar-refractivity contribution in [1.29, 1.82) is 0 Å². The van der Waals surface area contributed by atoms with Crippen molar-refractivity contribution < 1.29 is 9.53 Å². The largest absolute Gasteiger partial charge is 0.378 e. The van der Waals surface area contributed by atoms with E-state index < -0.39 is 0 Å². The van der Waals surface area contributed by atoms with E-state index >= 15 is 0 Å². The highest BCUT2D eigenvalue weighted by Gasteiger charge is 2.55. The van der Waals surface area contributed by atoms with E-state index in [1.54, 1.807) is 0 Å². The first-order valence-electron chi connectivity index (χ1n) is 8.39. The Kier molecular flexibility index (Phi) is 4.32. The summed E-state index contributed by atoms with van der Waals surface area (Å²) in [6.07, 6.45) is 10.00. The van der Waals surface area contributed by atoms with Crippen LogP contribution in [0.25, 0.3) is 0 Å². The SMILES string of the molecule is CCOC1CC(NCC2CCC(=O)N2)C12CCCCC2. The first kappa shape index (κ1) is 14.3. The first-order chi connectivity index (χ1) is 9.74. The van der Waals surface area contributed by atoms with Gasteiger partial charge in [-0.05, 0) is 32.6 Å². The van der Waals surface area contributed by atoms with Crippen LogP contribution in [0.4, 0.5) is 0 Å². The molecule has 3 atom stereocenters. The second-order valence-electron chi connectivity index (χ2n) is 6.74. The fraction of sp³-hybridized carbons (Fsp3) is 0.938. The van der Waals surface area contributed by atoms with Gasteiger partial charge in [-0.1, -0.05) is 19.3 Å². The van der Waals surface area contributed by atoms with Gasteiger partial charge in [-0.15, -0.1) is 0 Å². The van der Waals surface area contributed by atoms with Gasteiger partial charge in [0.25, 0.3) is 0 Å². The lowest BCUT2D eigenvalue weighted by atomic mass is 9.55. The minimum atomic E-state index is 0.213. The van der Waals surface area contributed by atoms with Crippen LogP contribution < -0.4 is 10.6 Å². The van der Waals surface area contributed by atoms with E-state index in [1.807, 2.05) is 0 Å². The van der Waals surface area contributed by atoms with Gasteiger partial charge in [-0.3, -0.25) is 4.79 Å². The Balaban J connectivity index is 1.54. The zero-order valence-electron chi connectivity index (χ0n) is 12.6. The average Bonchev–Trinajstić information content (AvgIpc) is 2.88. The Bertz CT molecular complexity index is 352. The maximum atomic E-state index is 11.3. The van der Waals surface area contributed by atoms with Crippen LogP contribution in [0.2, 0.25) is 0 Å². The van der Waals surface area contributed by atoms with Crippen molar-refractivity contribution in [3.8, 4) is 0 Å². The normalized spacial score (nSPS) is 35.9. The highest BCUT2D eigenvalue weighted by atomic mass is 16.5. The molecule has 0 aromatic rings. The standard InChI is InChI=1S/C16H28N2O2/c1-2-20-14-10-13(16(14)8-4-3-5-9-16)17-11-12-6-7-15(19)18-12/h12-14,17H,2-11H2,1H3,(H,18,19). The summed E-state index contributed by atoms with van der Waals surface area (Å²) in [6.45, 7) is 3.86. The molecule has 0 aromatic carbocycles. The number of carbonyl (C=O) groups is 1. The molecule has 0 radical (unpaired) electrons. The van der Waals surface area contributed by atoms with Crippen LogP contribution in [0.15, 0.2) is 0 Å². The van der Waals surface area contributed by atoms with Gasteiger partial charge < -0.3 is 15.4 Å². The molecule has 3 fully saturated rings. The molecule has 20 heavy (non-hydrogen) atoms. The van der Waals surface area contributed by atoms with E-state index in [0.29, 0.717) is 30.0 Å². The molecule has 1 amide bonds. The summed E-state index contributed by atoms with van der Waals surface area (Å²) in [5, 5.41) is 6.79. The van der Waals surface area contributed by atoms with Crippen molar-refractivity contribution in [3.05, 3.63) is 0 Å². The number of carbonyl (C=O) groups excluding carboxylic acids is 1. The quantitative estimate of drug-likeness (QED) is 0.809. The molecular weight excluding hydrogens is 252 g/mol. The van der Waals surface area contributed by atoms with E-state index in [9.17, 15) is 4.79 Å². The summed E-state index contributed by atoms with van der Waals surface area (Å²) in [7, 11) is 0. The fourth-order valence-electron chi connectivity index (χ4n) is 4.46. The van der Waals surface area contributed by atoms with Gasteiger partial charge in [0.15, 0.2) is 0 Å². The topological polar surface area (TPSA) is 50.4 Å². The van der Waals surface area contributed by atoms with Crippen molar-refractivity contribution >= 4 is 5.91 Å². The Morgan fingerprint density at radius 3 is 2.80 bits per heavy atom. The Morgan fingerprint density at radius 1 is 1.35 bits per heavy atom. The van der Waals surface area contributed by atoms with E-state index in [0.717, 1.165) is 26.0 Å². The van der Waals surface area contributed by atoms with Crippen molar-refractivity contribution in [2.75, 3.05) is 13.2 Å². The monoisotopic (exact) mass is 280 g/mol. The number of nitrogens with one attached hydrogen (secondary N) is 2. The van der Waals surface area contributed by atoms with Gasteiger partial charge in [-0.25, -0.2) is 0 Å². The Morgan fingerprint density at radius 2 is 2.15 bits per heavy atom. The fourth-order valence-corrected chi connectivity index (χ4v) is 4.46. The number of rotatable bonds is 5. The summed E-state index contributed by atoms with van der Waals surface area (Å²) >= 11 is 0. The molecule has 4 nitrogen and oxygen atoms in total. The summed E-state index contributed by atoms with van der Waals surface area (Å²) in [5.74, 6) is 0.213. The van der Waals surface area contributed by atoms with Crippen LogP contribution in [0, 0.1) is 5.41 Å². The minimum absolute atomic E-state index is 0.213. The molecule has 3 unspecified atom stereocenters. The van der Waals surface area contributed by atoms with Gasteiger partial charge in [0.2, 0.25) is 5.91 Å². The van der Waals surface area contributed by atoms with Gasteiger partial charge >= 0.3 is 0 Å². The van der Waals surface area contributed by atoms with Gasteiger partial charge in [-0.2, -0.15) is 0 Å². The predicted octanol–water partition coefficient (Wildman–Crippen LogP) is 1.98. The molecule has 2 saturated carbocycles. The van der Waals surface area contributed by atoms with Crippen LogP contribution in [0.1, 0.15) is 58.3 Å². The molecule has 3 aliphatic rings. The predicted molar refractivity (Wildman–Crippen MR) is 78.5 cm³/mol. The van der Waals surface area contributed by atoms with E-state index in [1.165, 1.54) is 32.1 Å². The molecule has 4 heteroatoms. The van der Waals surface area contributed by atoms with Crippen LogP contribution in [0.5, 0.6) is 0 Å². The van der Waals surface area contributed by atoms with Crippen molar-refractivity contribution in [1.82, 2.24) is 10.6 Å². The number of hydrogen-bond donors (Lipinski definition) is 2. The summed E-state index contributed by atoms with van der Waals surface area (Å²) in [4.78, 5) is 11.3. The third-order valence-electron chi connectivity index (χ3n) is 5.63. The molecule has 0 aromatic heterocycles. The lowest BCUT2D eigenvalue weighted by Gasteiger charge is -2.58. The highest BCUT2D eigenvalue weighted by Crippen LogP contribution is 2.53. The molecule has 1 heterocycles. The van der Waals surface area contributed by atoms with Crippen LogP contribution in [-0.2, 0) is 9.53 Å². The maximum absolute atomic E-state index is 11.3.